The van der Waals surface area contributed by atoms with Crippen molar-refractivity contribution >= 4 is 12.0 Å². The van der Waals surface area contributed by atoms with E-state index in [1.165, 1.54) is 0 Å². The molecule has 1 saturated heterocycles. The lowest BCUT2D eigenvalue weighted by Crippen LogP contribution is -2.49. The normalized spacial score (nSPS) is 18.2. The minimum Gasteiger partial charge on any atom is -0.481 e. The number of urea groups is 1. The van der Waals surface area contributed by atoms with E-state index in [-0.39, 0.29) is 18.6 Å². The number of piperidine rings is 1. The highest BCUT2D eigenvalue weighted by Crippen LogP contribution is 2.15. The zero-order valence-electron chi connectivity index (χ0n) is 13.5. The maximum atomic E-state index is 12.1. The Hall–Kier alpha value is -1.30. The second kappa shape index (κ2) is 8.87. The average Bonchev–Trinajstić information content (AvgIpc) is 2.50. The van der Waals surface area contributed by atoms with Gasteiger partial charge in [0.15, 0.2) is 0 Å². The molecule has 0 aromatic heterocycles. The predicted molar refractivity (Wildman–Crippen MR) is 82.3 cm³/mol. The highest BCUT2D eigenvalue weighted by molar-refractivity contribution is 5.76. The number of nitrogens with one attached hydrogen (secondary N) is 1. The van der Waals surface area contributed by atoms with E-state index >= 15 is 0 Å². The summed E-state index contributed by atoms with van der Waals surface area (Å²) >= 11 is 0. The lowest BCUT2D eigenvalue weighted by atomic mass is 10.0. The van der Waals surface area contributed by atoms with E-state index in [4.69, 9.17) is 5.11 Å². The summed E-state index contributed by atoms with van der Waals surface area (Å²) in [5, 5.41) is 11.9. The first-order valence-corrected chi connectivity index (χ1v) is 7.95. The Morgan fingerprint density at radius 2 is 1.95 bits per heavy atom. The smallest absolute Gasteiger partial charge is 0.317 e. The standard InChI is InChI=1S/C15H29N3O3/c1-4-6-12(14(19)20)11-16-15(21)17(3)13-7-9-18(5-2)10-8-13/h12-13H,4-11H2,1-3H3,(H,16,21)(H,19,20). The van der Waals surface area contributed by atoms with Gasteiger partial charge in [0.25, 0.3) is 0 Å². The van der Waals surface area contributed by atoms with Crippen LogP contribution in [0, 0.1) is 5.92 Å². The summed E-state index contributed by atoms with van der Waals surface area (Å²) in [6, 6.07) is 0.0922. The molecule has 1 atom stereocenters. The molecule has 0 radical (unpaired) electrons. The van der Waals surface area contributed by atoms with Gasteiger partial charge in [0.2, 0.25) is 0 Å². The van der Waals surface area contributed by atoms with Crippen molar-refractivity contribution in [3.05, 3.63) is 0 Å². The molecule has 0 bridgehead atoms. The Balaban J connectivity index is 2.39. The zero-order valence-corrected chi connectivity index (χ0v) is 13.5. The molecule has 6 nitrogen and oxygen atoms in total. The van der Waals surface area contributed by atoms with Gasteiger partial charge in [-0.05, 0) is 25.8 Å². The molecule has 0 saturated carbocycles. The molecule has 21 heavy (non-hydrogen) atoms. The lowest BCUT2D eigenvalue weighted by molar-refractivity contribution is -0.141. The summed E-state index contributed by atoms with van der Waals surface area (Å²) < 4.78 is 0. The third kappa shape index (κ3) is 5.53. The van der Waals surface area contributed by atoms with Crippen molar-refractivity contribution in [2.45, 2.75) is 45.6 Å². The van der Waals surface area contributed by atoms with Crippen LogP contribution >= 0.6 is 0 Å². The second-order valence-corrected chi connectivity index (χ2v) is 5.79. The van der Waals surface area contributed by atoms with Crippen molar-refractivity contribution in [2.24, 2.45) is 5.92 Å². The first-order chi connectivity index (χ1) is 9.99. The van der Waals surface area contributed by atoms with E-state index in [9.17, 15) is 9.59 Å². The van der Waals surface area contributed by atoms with Crippen LogP contribution in [0.4, 0.5) is 4.79 Å². The Labute approximate surface area is 127 Å². The van der Waals surface area contributed by atoms with Crippen molar-refractivity contribution in [1.82, 2.24) is 15.1 Å². The largest absolute Gasteiger partial charge is 0.481 e. The number of nitrogens with zero attached hydrogens (tertiary/aromatic N) is 2. The minimum absolute atomic E-state index is 0.160. The quantitative estimate of drug-likeness (QED) is 0.749. The fourth-order valence-electron chi connectivity index (χ4n) is 2.79. The molecule has 2 amide bonds. The van der Waals surface area contributed by atoms with E-state index in [1.807, 2.05) is 6.92 Å². The van der Waals surface area contributed by atoms with Crippen LogP contribution < -0.4 is 5.32 Å². The predicted octanol–water partition coefficient (Wildman–Crippen LogP) is 1.61. The molecule has 1 aliphatic rings. The number of rotatable bonds is 7. The first kappa shape index (κ1) is 17.8. The molecular formula is C15H29N3O3. The molecule has 0 aromatic carbocycles. The van der Waals surface area contributed by atoms with Crippen LogP contribution in [0.2, 0.25) is 0 Å². The lowest BCUT2D eigenvalue weighted by Gasteiger charge is -2.36. The van der Waals surface area contributed by atoms with Crippen LogP contribution in [-0.2, 0) is 4.79 Å². The van der Waals surface area contributed by atoms with Crippen LogP contribution in [-0.4, -0.2) is 66.2 Å². The Morgan fingerprint density at radius 1 is 1.33 bits per heavy atom. The topological polar surface area (TPSA) is 72.9 Å². The summed E-state index contributed by atoms with van der Waals surface area (Å²) in [7, 11) is 1.80. The number of amides is 2. The Kier molecular flexibility index (Phi) is 7.50. The summed E-state index contributed by atoms with van der Waals surface area (Å²) in [5.74, 6) is -1.33. The van der Waals surface area contributed by atoms with Gasteiger partial charge in [0, 0.05) is 32.7 Å². The maximum Gasteiger partial charge on any atom is 0.317 e. The van der Waals surface area contributed by atoms with Crippen molar-refractivity contribution in [2.75, 3.05) is 33.2 Å². The Morgan fingerprint density at radius 3 is 2.43 bits per heavy atom. The molecule has 1 unspecified atom stereocenters. The van der Waals surface area contributed by atoms with Crippen molar-refractivity contribution in [3.8, 4) is 0 Å². The first-order valence-electron chi connectivity index (χ1n) is 7.95. The van der Waals surface area contributed by atoms with E-state index in [0.717, 1.165) is 38.9 Å². The van der Waals surface area contributed by atoms with Gasteiger partial charge in [-0.3, -0.25) is 4.79 Å². The van der Waals surface area contributed by atoms with Gasteiger partial charge in [0.1, 0.15) is 0 Å². The molecule has 2 N–H and O–H groups in total. The molecule has 1 heterocycles. The molecule has 0 aromatic rings. The molecule has 0 spiro atoms. The zero-order chi connectivity index (χ0) is 15.8. The number of carbonyl (C=O) groups is 2. The van der Waals surface area contributed by atoms with Crippen LogP contribution in [0.15, 0.2) is 0 Å². The Bertz CT molecular complexity index is 341. The maximum absolute atomic E-state index is 12.1. The minimum atomic E-state index is -0.837. The van der Waals surface area contributed by atoms with Gasteiger partial charge in [-0.15, -0.1) is 0 Å². The van der Waals surface area contributed by atoms with Crippen LogP contribution in [0.1, 0.15) is 39.5 Å². The van der Waals surface area contributed by atoms with Crippen molar-refractivity contribution in [3.63, 3.8) is 0 Å². The van der Waals surface area contributed by atoms with Gasteiger partial charge >= 0.3 is 12.0 Å². The number of likely N-dealkylation sites (tertiary alicyclic amines) is 1. The highest BCUT2D eigenvalue weighted by atomic mass is 16.4. The van der Waals surface area contributed by atoms with E-state index in [1.54, 1.807) is 11.9 Å². The molecule has 122 valence electrons. The third-order valence-electron chi connectivity index (χ3n) is 4.36. The molecule has 1 rings (SSSR count). The number of carbonyl (C=O) groups excluding carboxylic acids is 1. The summed E-state index contributed by atoms with van der Waals surface area (Å²) in [4.78, 5) is 27.3. The van der Waals surface area contributed by atoms with Gasteiger partial charge < -0.3 is 20.2 Å². The molecule has 6 heteroatoms. The van der Waals surface area contributed by atoms with Gasteiger partial charge in [-0.2, -0.15) is 0 Å². The van der Waals surface area contributed by atoms with E-state index in [2.05, 4.69) is 17.1 Å². The number of aliphatic carboxylic acids is 1. The molecule has 1 aliphatic heterocycles. The van der Waals surface area contributed by atoms with Crippen LogP contribution in [0.5, 0.6) is 0 Å². The van der Waals surface area contributed by atoms with Gasteiger partial charge in [-0.25, -0.2) is 4.79 Å². The van der Waals surface area contributed by atoms with Crippen molar-refractivity contribution in [1.29, 1.82) is 0 Å². The number of hydrogen-bond acceptors (Lipinski definition) is 3. The van der Waals surface area contributed by atoms with E-state index < -0.39 is 11.9 Å². The fourth-order valence-corrected chi connectivity index (χ4v) is 2.79. The fraction of sp³-hybridized carbons (Fsp3) is 0.867. The number of carboxylic acid groups (broad SMARTS) is 1. The third-order valence-corrected chi connectivity index (χ3v) is 4.36. The number of hydrogen-bond donors (Lipinski definition) is 2. The van der Waals surface area contributed by atoms with Crippen LogP contribution in [0.3, 0.4) is 0 Å². The second-order valence-electron chi connectivity index (χ2n) is 5.79. The summed E-state index contributed by atoms with van der Waals surface area (Å²) in [5.41, 5.74) is 0. The highest BCUT2D eigenvalue weighted by Gasteiger charge is 2.25. The van der Waals surface area contributed by atoms with Crippen LogP contribution in [0.25, 0.3) is 0 Å². The monoisotopic (exact) mass is 299 g/mol. The average molecular weight is 299 g/mol. The summed E-state index contributed by atoms with van der Waals surface area (Å²) in [6.45, 7) is 7.40. The van der Waals surface area contributed by atoms with Gasteiger partial charge in [0.05, 0.1) is 5.92 Å². The van der Waals surface area contributed by atoms with Gasteiger partial charge in [-0.1, -0.05) is 20.3 Å². The molecule has 0 aliphatic carbocycles. The van der Waals surface area contributed by atoms with Crippen molar-refractivity contribution < 1.29 is 14.7 Å². The van der Waals surface area contributed by atoms with E-state index in [0.29, 0.717) is 6.42 Å². The SMILES string of the molecule is CCCC(CNC(=O)N(C)C1CCN(CC)CC1)C(=O)O. The summed E-state index contributed by atoms with van der Waals surface area (Å²) in [6.07, 6.45) is 3.36. The molecular weight excluding hydrogens is 270 g/mol. The number of carboxylic acids is 1. The molecule has 1 fully saturated rings.